The van der Waals surface area contributed by atoms with E-state index >= 15 is 0 Å². The van der Waals surface area contributed by atoms with Crippen LogP contribution in [0.25, 0.3) is 10.6 Å². The first-order valence-corrected chi connectivity index (χ1v) is 7.06. The molecule has 3 rings (SSSR count). The van der Waals surface area contributed by atoms with Gasteiger partial charge in [-0.25, -0.2) is 4.39 Å². The second-order valence-electron chi connectivity index (χ2n) is 4.49. The molecule has 20 heavy (non-hydrogen) atoms. The van der Waals surface area contributed by atoms with Crippen molar-refractivity contribution >= 4 is 17.0 Å². The largest absolute Gasteiger partial charge is 0.369 e. The Hall–Kier alpha value is -2.14. The average Bonchev–Trinajstić information content (AvgIpc) is 3.09. The van der Waals surface area contributed by atoms with Crippen molar-refractivity contribution in [1.82, 2.24) is 5.16 Å². The van der Waals surface area contributed by atoms with E-state index in [4.69, 9.17) is 4.52 Å². The monoisotopic (exact) mass is 288 g/mol. The molecule has 3 nitrogen and oxygen atoms in total. The molecule has 5 heteroatoms. The molecule has 0 saturated heterocycles. The molecular formula is C15H13FN2OS. The Morgan fingerprint density at radius 2 is 2.05 bits per heavy atom. The molecule has 0 fully saturated rings. The van der Waals surface area contributed by atoms with Gasteiger partial charge in [0, 0.05) is 18.8 Å². The predicted molar refractivity (Wildman–Crippen MR) is 78.3 cm³/mol. The van der Waals surface area contributed by atoms with Crippen molar-refractivity contribution in [3.05, 3.63) is 59.4 Å². The van der Waals surface area contributed by atoms with Crippen LogP contribution in [0.3, 0.4) is 0 Å². The molecular weight excluding hydrogens is 275 g/mol. The van der Waals surface area contributed by atoms with Gasteiger partial charge in [0.15, 0.2) is 5.76 Å². The second-order valence-corrected chi connectivity index (χ2v) is 5.44. The minimum atomic E-state index is -0.233. The lowest BCUT2D eigenvalue weighted by molar-refractivity contribution is 0.424. The van der Waals surface area contributed by atoms with E-state index in [9.17, 15) is 4.39 Å². The van der Waals surface area contributed by atoms with Crippen LogP contribution >= 0.6 is 11.3 Å². The van der Waals surface area contributed by atoms with Crippen molar-refractivity contribution in [2.75, 3.05) is 11.9 Å². The summed E-state index contributed by atoms with van der Waals surface area (Å²) < 4.78 is 18.2. The van der Waals surface area contributed by atoms with Crippen LogP contribution in [0.2, 0.25) is 0 Å². The summed E-state index contributed by atoms with van der Waals surface area (Å²) in [5, 5.41) is 6.07. The van der Waals surface area contributed by atoms with Gasteiger partial charge in [0.2, 0.25) is 0 Å². The molecule has 0 aliphatic carbocycles. The Morgan fingerprint density at radius 1 is 1.25 bits per heavy atom. The van der Waals surface area contributed by atoms with Gasteiger partial charge in [-0.2, -0.15) is 0 Å². The highest BCUT2D eigenvalue weighted by Gasteiger charge is 2.10. The van der Waals surface area contributed by atoms with Gasteiger partial charge in [-0.3, -0.25) is 0 Å². The maximum atomic E-state index is 12.9. The zero-order valence-electron chi connectivity index (χ0n) is 10.9. The number of thiophene rings is 1. The molecule has 102 valence electrons. The van der Waals surface area contributed by atoms with E-state index in [0.717, 1.165) is 22.0 Å². The van der Waals surface area contributed by atoms with Crippen LogP contribution in [0.4, 0.5) is 10.1 Å². The lowest BCUT2D eigenvalue weighted by Crippen LogP contribution is -2.16. The molecule has 2 heterocycles. The molecule has 0 N–H and O–H groups in total. The van der Waals surface area contributed by atoms with E-state index in [1.165, 1.54) is 12.1 Å². The summed E-state index contributed by atoms with van der Waals surface area (Å²) in [5.41, 5.74) is 1.78. The SMILES string of the molecule is CN(Cc1cc(-c2cccs2)on1)c1ccc(F)cc1. The Kier molecular flexibility index (Phi) is 3.52. The number of anilines is 1. The third-order valence-electron chi connectivity index (χ3n) is 2.99. The summed E-state index contributed by atoms with van der Waals surface area (Å²) in [7, 11) is 1.94. The Labute approximate surface area is 120 Å². The molecule has 0 aliphatic rings. The first-order chi connectivity index (χ1) is 9.72. The number of nitrogens with zero attached hydrogens (tertiary/aromatic N) is 2. The number of hydrogen-bond acceptors (Lipinski definition) is 4. The van der Waals surface area contributed by atoms with Crippen LogP contribution in [-0.4, -0.2) is 12.2 Å². The van der Waals surface area contributed by atoms with Crippen LogP contribution in [0.15, 0.2) is 52.4 Å². The molecule has 0 saturated carbocycles. The highest BCUT2D eigenvalue weighted by atomic mass is 32.1. The first-order valence-electron chi connectivity index (χ1n) is 6.18. The number of halogens is 1. The molecule has 0 bridgehead atoms. The molecule has 0 radical (unpaired) electrons. The van der Waals surface area contributed by atoms with E-state index < -0.39 is 0 Å². The predicted octanol–water partition coefficient (Wildman–Crippen LogP) is 4.18. The van der Waals surface area contributed by atoms with E-state index in [-0.39, 0.29) is 5.82 Å². The summed E-state index contributed by atoms with van der Waals surface area (Å²) >= 11 is 1.62. The minimum Gasteiger partial charge on any atom is -0.369 e. The van der Waals surface area contributed by atoms with Gasteiger partial charge < -0.3 is 9.42 Å². The molecule has 0 unspecified atom stereocenters. The van der Waals surface area contributed by atoms with Gasteiger partial charge in [-0.1, -0.05) is 11.2 Å². The third-order valence-corrected chi connectivity index (χ3v) is 3.87. The molecule has 1 aromatic carbocycles. The van der Waals surface area contributed by atoms with Gasteiger partial charge in [-0.15, -0.1) is 11.3 Å². The molecule has 3 aromatic rings. The minimum absolute atomic E-state index is 0.233. The Morgan fingerprint density at radius 3 is 2.75 bits per heavy atom. The molecule has 0 atom stereocenters. The van der Waals surface area contributed by atoms with Crippen LogP contribution in [0.1, 0.15) is 5.69 Å². The summed E-state index contributed by atoms with van der Waals surface area (Å²) in [5.74, 6) is 0.547. The normalized spacial score (nSPS) is 10.7. The molecule has 0 amide bonds. The molecule has 0 spiro atoms. The van der Waals surface area contributed by atoms with Gasteiger partial charge in [-0.05, 0) is 35.7 Å². The van der Waals surface area contributed by atoms with Gasteiger partial charge >= 0.3 is 0 Å². The van der Waals surface area contributed by atoms with Crippen LogP contribution < -0.4 is 4.90 Å². The quantitative estimate of drug-likeness (QED) is 0.721. The number of rotatable bonds is 4. The van der Waals surface area contributed by atoms with Crippen molar-refractivity contribution in [3.63, 3.8) is 0 Å². The van der Waals surface area contributed by atoms with E-state index in [1.807, 2.05) is 35.5 Å². The Bertz CT molecular complexity index is 676. The fourth-order valence-corrected chi connectivity index (χ4v) is 2.62. The van der Waals surface area contributed by atoms with Crippen LogP contribution in [0, 0.1) is 5.82 Å². The topological polar surface area (TPSA) is 29.3 Å². The highest BCUT2D eigenvalue weighted by Crippen LogP contribution is 2.26. The summed E-state index contributed by atoms with van der Waals surface area (Å²) in [6.45, 7) is 0.612. The Balaban J connectivity index is 1.73. The summed E-state index contributed by atoms with van der Waals surface area (Å²) in [6.07, 6.45) is 0. The van der Waals surface area contributed by atoms with Crippen molar-refractivity contribution < 1.29 is 8.91 Å². The average molecular weight is 288 g/mol. The number of hydrogen-bond donors (Lipinski definition) is 0. The van der Waals surface area contributed by atoms with E-state index in [0.29, 0.717) is 6.54 Å². The van der Waals surface area contributed by atoms with Gasteiger partial charge in [0.05, 0.1) is 11.4 Å². The van der Waals surface area contributed by atoms with Crippen LogP contribution in [0.5, 0.6) is 0 Å². The maximum Gasteiger partial charge on any atom is 0.177 e. The number of benzene rings is 1. The zero-order valence-corrected chi connectivity index (χ0v) is 11.7. The first kappa shape index (κ1) is 12.9. The smallest absolute Gasteiger partial charge is 0.177 e. The fourth-order valence-electron chi connectivity index (χ4n) is 1.95. The highest BCUT2D eigenvalue weighted by molar-refractivity contribution is 7.13. The van der Waals surface area contributed by atoms with Crippen LogP contribution in [-0.2, 0) is 6.54 Å². The standard InChI is InChI=1S/C15H13FN2OS/c1-18(13-6-4-11(16)5-7-13)10-12-9-14(19-17-12)15-3-2-8-20-15/h2-9H,10H2,1H3. The lowest BCUT2D eigenvalue weighted by atomic mass is 10.2. The summed E-state index contributed by atoms with van der Waals surface area (Å²) in [4.78, 5) is 3.06. The van der Waals surface area contributed by atoms with Crippen molar-refractivity contribution in [2.45, 2.75) is 6.54 Å². The maximum absolute atomic E-state index is 12.9. The van der Waals surface area contributed by atoms with Gasteiger partial charge in [0.25, 0.3) is 0 Å². The lowest BCUT2D eigenvalue weighted by Gasteiger charge is -2.17. The van der Waals surface area contributed by atoms with E-state index in [2.05, 4.69) is 5.16 Å². The van der Waals surface area contributed by atoms with Crippen molar-refractivity contribution in [2.24, 2.45) is 0 Å². The van der Waals surface area contributed by atoms with Crippen molar-refractivity contribution in [3.8, 4) is 10.6 Å². The summed E-state index contributed by atoms with van der Waals surface area (Å²) in [6, 6.07) is 12.3. The molecule has 2 aromatic heterocycles. The van der Waals surface area contributed by atoms with Crippen molar-refractivity contribution in [1.29, 1.82) is 0 Å². The van der Waals surface area contributed by atoms with Gasteiger partial charge in [0.1, 0.15) is 11.5 Å². The zero-order chi connectivity index (χ0) is 13.9. The fraction of sp³-hybridized carbons (Fsp3) is 0.133. The molecule has 0 aliphatic heterocycles. The second kappa shape index (κ2) is 5.46. The third kappa shape index (κ3) is 2.72. The van der Waals surface area contributed by atoms with E-state index in [1.54, 1.807) is 23.5 Å². The number of aromatic nitrogens is 1.